The van der Waals surface area contributed by atoms with Gasteiger partial charge in [-0.1, -0.05) is 29.8 Å². The van der Waals surface area contributed by atoms with Crippen LogP contribution in [0.15, 0.2) is 48.5 Å². The number of benzene rings is 2. The quantitative estimate of drug-likeness (QED) is 0.714. The highest BCUT2D eigenvalue weighted by Crippen LogP contribution is 2.27. The molecule has 1 aromatic heterocycles. The van der Waals surface area contributed by atoms with Crippen molar-refractivity contribution in [1.29, 1.82) is 0 Å². The Bertz CT molecular complexity index is 928. The molecule has 0 radical (unpaired) electrons. The van der Waals surface area contributed by atoms with E-state index in [9.17, 15) is 0 Å². The number of methoxy groups -OCH3 is 1. The summed E-state index contributed by atoms with van der Waals surface area (Å²) in [5.74, 6) is 2.42. The lowest BCUT2D eigenvalue weighted by molar-refractivity contribution is 0.410. The Labute approximate surface area is 157 Å². The Morgan fingerprint density at radius 3 is 2.69 bits per heavy atom. The standard InChI is InChI=1S/C20H19ClN4O/c1-26-18-5-3-2-4-14(18)10-23-20-16-11-22-12-17(16)24-19(25-20)13-6-8-15(21)9-7-13/h2-9,22H,10-12H2,1H3,(H,23,24,25). The maximum Gasteiger partial charge on any atom is 0.161 e. The van der Waals surface area contributed by atoms with Crippen LogP contribution >= 0.6 is 11.6 Å². The number of rotatable bonds is 5. The number of para-hydroxylation sites is 1. The number of ether oxygens (including phenoxy) is 1. The van der Waals surface area contributed by atoms with Gasteiger partial charge in [-0.2, -0.15) is 0 Å². The smallest absolute Gasteiger partial charge is 0.161 e. The van der Waals surface area contributed by atoms with Crippen LogP contribution in [-0.4, -0.2) is 17.1 Å². The summed E-state index contributed by atoms with van der Waals surface area (Å²) >= 11 is 6.00. The van der Waals surface area contributed by atoms with Crippen LogP contribution in [0.4, 0.5) is 5.82 Å². The van der Waals surface area contributed by atoms with E-state index < -0.39 is 0 Å². The van der Waals surface area contributed by atoms with E-state index in [1.807, 2.05) is 48.5 Å². The summed E-state index contributed by atoms with van der Waals surface area (Å²) in [6.07, 6.45) is 0. The zero-order valence-corrected chi connectivity index (χ0v) is 15.2. The van der Waals surface area contributed by atoms with Crippen LogP contribution in [0.2, 0.25) is 5.02 Å². The molecule has 26 heavy (non-hydrogen) atoms. The Balaban J connectivity index is 1.66. The van der Waals surface area contributed by atoms with Gasteiger partial charge >= 0.3 is 0 Å². The lowest BCUT2D eigenvalue weighted by atomic mass is 10.1. The first-order valence-corrected chi connectivity index (χ1v) is 8.84. The van der Waals surface area contributed by atoms with Gasteiger partial charge in [0.2, 0.25) is 0 Å². The molecule has 0 atom stereocenters. The molecule has 0 spiro atoms. The molecule has 4 rings (SSSR count). The number of hydrogen-bond donors (Lipinski definition) is 2. The molecule has 2 heterocycles. The minimum atomic E-state index is 0.632. The fraction of sp³-hybridized carbons (Fsp3) is 0.200. The summed E-state index contributed by atoms with van der Waals surface area (Å²) in [6.45, 7) is 2.15. The van der Waals surface area contributed by atoms with Crippen LogP contribution in [0.5, 0.6) is 5.75 Å². The second kappa shape index (κ2) is 7.32. The average molecular weight is 367 g/mol. The summed E-state index contributed by atoms with van der Waals surface area (Å²) in [5.41, 5.74) is 4.19. The van der Waals surface area contributed by atoms with Crippen LogP contribution in [0.1, 0.15) is 16.8 Å². The van der Waals surface area contributed by atoms with Crippen molar-refractivity contribution in [1.82, 2.24) is 15.3 Å². The van der Waals surface area contributed by atoms with E-state index in [2.05, 4.69) is 10.6 Å². The molecule has 5 nitrogen and oxygen atoms in total. The van der Waals surface area contributed by atoms with Crippen LogP contribution in [0, 0.1) is 0 Å². The molecule has 0 unspecified atom stereocenters. The van der Waals surface area contributed by atoms with Gasteiger partial charge in [0.05, 0.1) is 12.8 Å². The summed E-state index contributed by atoms with van der Waals surface area (Å²) in [4.78, 5) is 9.49. The maximum atomic E-state index is 6.00. The molecule has 132 valence electrons. The monoisotopic (exact) mass is 366 g/mol. The number of nitrogens with one attached hydrogen (secondary N) is 2. The highest BCUT2D eigenvalue weighted by molar-refractivity contribution is 6.30. The summed E-state index contributed by atoms with van der Waals surface area (Å²) < 4.78 is 5.43. The Kier molecular flexibility index (Phi) is 4.73. The molecule has 6 heteroatoms. The van der Waals surface area contributed by atoms with Gasteiger partial charge in [0.15, 0.2) is 5.82 Å². The van der Waals surface area contributed by atoms with Crippen molar-refractivity contribution in [2.24, 2.45) is 0 Å². The lowest BCUT2D eigenvalue weighted by Gasteiger charge is -2.13. The van der Waals surface area contributed by atoms with Gasteiger partial charge in [-0.15, -0.1) is 0 Å². The molecule has 1 aliphatic heterocycles. The molecule has 1 aliphatic rings. The minimum Gasteiger partial charge on any atom is -0.496 e. The van der Waals surface area contributed by atoms with Gasteiger partial charge in [-0.3, -0.25) is 0 Å². The van der Waals surface area contributed by atoms with Crippen molar-refractivity contribution in [3.63, 3.8) is 0 Å². The lowest BCUT2D eigenvalue weighted by Crippen LogP contribution is -2.08. The first kappa shape index (κ1) is 16.8. The summed E-state index contributed by atoms with van der Waals surface area (Å²) in [6, 6.07) is 15.6. The van der Waals surface area contributed by atoms with Gasteiger partial charge in [0.25, 0.3) is 0 Å². The van der Waals surface area contributed by atoms with Crippen molar-refractivity contribution in [3.05, 3.63) is 70.4 Å². The Morgan fingerprint density at radius 1 is 1.08 bits per heavy atom. The first-order valence-electron chi connectivity index (χ1n) is 8.47. The fourth-order valence-electron chi connectivity index (χ4n) is 3.07. The molecule has 0 fully saturated rings. The van der Waals surface area contributed by atoms with E-state index in [1.165, 1.54) is 0 Å². The number of anilines is 1. The number of fused-ring (bicyclic) bond motifs is 1. The molecular weight excluding hydrogens is 348 g/mol. The highest BCUT2D eigenvalue weighted by Gasteiger charge is 2.19. The Morgan fingerprint density at radius 2 is 1.88 bits per heavy atom. The normalized spacial score (nSPS) is 12.7. The third-order valence-electron chi connectivity index (χ3n) is 4.43. The van der Waals surface area contributed by atoms with E-state index >= 15 is 0 Å². The minimum absolute atomic E-state index is 0.632. The van der Waals surface area contributed by atoms with Gasteiger partial charge in [0.1, 0.15) is 11.6 Å². The molecule has 0 amide bonds. The molecular formula is C20H19ClN4O. The van der Waals surface area contributed by atoms with Gasteiger partial charge < -0.3 is 15.4 Å². The molecule has 0 saturated carbocycles. The van der Waals surface area contributed by atoms with Crippen LogP contribution in [0.25, 0.3) is 11.4 Å². The van der Waals surface area contributed by atoms with E-state index in [-0.39, 0.29) is 0 Å². The molecule has 0 aliphatic carbocycles. The van der Waals surface area contributed by atoms with E-state index in [1.54, 1.807) is 7.11 Å². The zero-order valence-electron chi connectivity index (χ0n) is 14.4. The van der Waals surface area contributed by atoms with Gasteiger partial charge in [-0.25, -0.2) is 9.97 Å². The maximum absolute atomic E-state index is 6.00. The highest BCUT2D eigenvalue weighted by atomic mass is 35.5. The molecule has 2 N–H and O–H groups in total. The molecule has 3 aromatic rings. The SMILES string of the molecule is COc1ccccc1CNc1nc(-c2ccc(Cl)cc2)nc2c1CNC2. The van der Waals surface area contributed by atoms with Gasteiger partial charge in [0, 0.05) is 41.3 Å². The summed E-state index contributed by atoms with van der Waals surface area (Å²) in [7, 11) is 1.68. The first-order chi connectivity index (χ1) is 12.7. The average Bonchev–Trinajstić information content (AvgIpc) is 3.15. The summed E-state index contributed by atoms with van der Waals surface area (Å²) in [5, 5.41) is 7.51. The van der Waals surface area contributed by atoms with Crippen LogP contribution in [0.3, 0.4) is 0 Å². The largest absolute Gasteiger partial charge is 0.496 e. The molecule has 0 bridgehead atoms. The van der Waals surface area contributed by atoms with Crippen molar-refractivity contribution in [2.45, 2.75) is 19.6 Å². The van der Waals surface area contributed by atoms with E-state index in [0.717, 1.165) is 47.0 Å². The number of halogens is 1. The Hall–Kier alpha value is -2.63. The van der Waals surface area contributed by atoms with Crippen LogP contribution in [-0.2, 0) is 19.6 Å². The molecule has 2 aromatic carbocycles. The fourth-order valence-corrected chi connectivity index (χ4v) is 3.20. The predicted octanol–water partition coefficient (Wildman–Crippen LogP) is 4.02. The molecule has 0 saturated heterocycles. The zero-order chi connectivity index (χ0) is 17.9. The van der Waals surface area contributed by atoms with Crippen molar-refractivity contribution >= 4 is 17.4 Å². The predicted molar refractivity (Wildman–Crippen MR) is 103 cm³/mol. The third-order valence-corrected chi connectivity index (χ3v) is 4.68. The number of hydrogen-bond acceptors (Lipinski definition) is 5. The van der Waals surface area contributed by atoms with E-state index in [4.69, 9.17) is 26.3 Å². The van der Waals surface area contributed by atoms with Crippen molar-refractivity contribution in [2.75, 3.05) is 12.4 Å². The number of nitrogens with zero attached hydrogens (tertiary/aromatic N) is 2. The van der Waals surface area contributed by atoms with Crippen molar-refractivity contribution < 1.29 is 4.74 Å². The number of aromatic nitrogens is 2. The van der Waals surface area contributed by atoms with Gasteiger partial charge in [-0.05, 0) is 30.3 Å². The van der Waals surface area contributed by atoms with E-state index in [0.29, 0.717) is 17.4 Å². The van der Waals surface area contributed by atoms with Crippen molar-refractivity contribution in [3.8, 4) is 17.1 Å². The van der Waals surface area contributed by atoms with Crippen LogP contribution < -0.4 is 15.4 Å². The third kappa shape index (κ3) is 3.36. The second-order valence-corrected chi connectivity index (χ2v) is 6.53. The topological polar surface area (TPSA) is 59.1 Å². The second-order valence-electron chi connectivity index (χ2n) is 6.10.